The molecule has 3 aromatic rings. The summed E-state index contributed by atoms with van der Waals surface area (Å²) in [5, 5.41) is 0. The maximum absolute atomic E-state index is 13.6. The van der Waals surface area contributed by atoms with E-state index in [1.807, 2.05) is 94.4 Å². The van der Waals surface area contributed by atoms with Gasteiger partial charge in [-0.25, -0.2) is 4.99 Å². The quantitative estimate of drug-likeness (QED) is 0.249. The highest BCUT2D eigenvalue weighted by atomic mass is 16.5. The van der Waals surface area contributed by atoms with Crippen molar-refractivity contribution in [3.8, 4) is 23.0 Å². The van der Waals surface area contributed by atoms with Gasteiger partial charge in [-0.15, -0.1) is 0 Å². The summed E-state index contributed by atoms with van der Waals surface area (Å²) in [6.45, 7) is 10.4. The summed E-state index contributed by atoms with van der Waals surface area (Å²) in [7, 11) is 0. The van der Waals surface area contributed by atoms with Gasteiger partial charge in [-0.1, -0.05) is 42.5 Å². The molecule has 7 heteroatoms. The van der Waals surface area contributed by atoms with Crippen LogP contribution in [0.15, 0.2) is 77.4 Å². The van der Waals surface area contributed by atoms with Crippen molar-refractivity contribution < 1.29 is 23.7 Å². The number of carbonyl (C=O) groups is 1. The summed E-state index contributed by atoms with van der Waals surface area (Å²) in [4.78, 5) is 20.2. The van der Waals surface area contributed by atoms with E-state index in [4.69, 9.17) is 23.9 Å². The third-order valence-electron chi connectivity index (χ3n) is 6.08. The Balaban J connectivity index is 1.62. The van der Waals surface area contributed by atoms with Crippen molar-refractivity contribution in [3.05, 3.63) is 89.1 Å². The van der Waals surface area contributed by atoms with E-state index in [0.29, 0.717) is 68.2 Å². The zero-order valence-corrected chi connectivity index (χ0v) is 23.1. The fourth-order valence-corrected chi connectivity index (χ4v) is 4.37. The topological polar surface area (TPSA) is 69.6 Å². The molecule has 1 amide bonds. The van der Waals surface area contributed by atoms with Gasteiger partial charge in [0.15, 0.2) is 23.0 Å². The molecule has 204 valence electrons. The lowest BCUT2D eigenvalue weighted by molar-refractivity contribution is -0.122. The average molecular weight is 529 g/mol. The largest absolute Gasteiger partial charge is 0.490 e. The van der Waals surface area contributed by atoms with Crippen LogP contribution in [0.4, 0.5) is 0 Å². The molecule has 0 saturated carbocycles. The molecule has 0 atom stereocenters. The molecule has 39 heavy (non-hydrogen) atoms. The van der Waals surface area contributed by atoms with E-state index in [0.717, 1.165) is 22.4 Å². The molecule has 0 unspecified atom stereocenters. The summed E-state index contributed by atoms with van der Waals surface area (Å²) in [5.74, 6) is 3.25. The molecule has 0 fully saturated rings. The highest BCUT2D eigenvalue weighted by Gasteiger charge is 2.31. The first-order valence-electron chi connectivity index (χ1n) is 13.5. The van der Waals surface area contributed by atoms with Gasteiger partial charge in [-0.05, 0) is 75.6 Å². The van der Waals surface area contributed by atoms with Crippen molar-refractivity contribution in [2.45, 2.75) is 34.1 Å². The van der Waals surface area contributed by atoms with E-state index in [1.165, 1.54) is 0 Å². The number of rotatable bonds is 13. The molecule has 7 nitrogen and oxygen atoms in total. The van der Waals surface area contributed by atoms with Crippen LogP contribution in [-0.4, -0.2) is 49.6 Å². The number of aliphatic imine (C=N–C) groups is 1. The Hall–Kier alpha value is -4.26. The minimum Gasteiger partial charge on any atom is -0.490 e. The van der Waals surface area contributed by atoms with Gasteiger partial charge in [0.2, 0.25) is 0 Å². The van der Waals surface area contributed by atoms with Crippen LogP contribution in [0, 0.1) is 0 Å². The Kier molecular flexibility index (Phi) is 9.62. The highest BCUT2D eigenvalue weighted by Crippen LogP contribution is 2.31. The van der Waals surface area contributed by atoms with Gasteiger partial charge in [-0.3, -0.25) is 9.69 Å². The second kappa shape index (κ2) is 13.5. The first kappa shape index (κ1) is 27.8. The van der Waals surface area contributed by atoms with E-state index in [-0.39, 0.29) is 5.91 Å². The van der Waals surface area contributed by atoms with Crippen LogP contribution >= 0.6 is 0 Å². The molecule has 0 saturated heterocycles. The van der Waals surface area contributed by atoms with Gasteiger partial charge in [0.1, 0.15) is 11.5 Å². The Morgan fingerprint density at radius 1 is 0.718 bits per heavy atom. The van der Waals surface area contributed by atoms with Crippen molar-refractivity contribution in [2.24, 2.45) is 4.99 Å². The molecule has 0 radical (unpaired) electrons. The summed E-state index contributed by atoms with van der Waals surface area (Å²) in [6, 6.07) is 21.4. The van der Waals surface area contributed by atoms with Gasteiger partial charge < -0.3 is 18.9 Å². The van der Waals surface area contributed by atoms with Gasteiger partial charge in [0.25, 0.3) is 5.91 Å². The lowest BCUT2D eigenvalue weighted by Crippen LogP contribution is -2.34. The van der Waals surface area contributed by atoms with Crippen LogP contribution in [0.2, 0.25) is 0 Å². The lowest BCUT2D eigenvalue weighted by atomic mass is 10.1. The lowest BCUT2D eigenvalue weighted by Gasteiger charge is -2.19. The Labute approximate surface area is 230 Å². The molecule has 0 spiro atoms. The number of benzene rings is 3. The van der Waals surface area contributed by atoms with Crippen LogP contribution < -0.4 is 18.9 Å². The summed E-state index contributed by atoms with van der Waals surface area (Å²) < 4.78 is 22.9. The first-order chi connectivity index (χ1) is 19.1. The Morgan fingerprint density at radius 2 is 1.31 bits per heavy atom. The summed E-state index contributed by atoms with van der Waals surface area (Å²) >= 11 is 0. The third-order valence-corrected chi connectivity index (χ3v) is 6.08. The number of amidine groups is 1. The molecule has 0 bridgehead atoms. The molecule has 0 aliphatic carbocycles. The molecule has 0 aromatic heterocycles. The number of hydrogen-bond acceptors (Lipinski definition) is 6. The third kappa shape index (κ3) is 6.79. The standard InChI is InChI=1S/C32H36N2O5/c1-5-36-27-16-14-23(21-29(27)38-7-3)18-19-34-31(25-12-10-9-11-13-25)33-26(32(34)35)20-24-15-17-28(37-6-2)30(22-24)39-8-4/h9-17,20-22H,5-8,18-19H2,1-4H3. The van der Waals surface area contributed by atoms with E-state index >= 15 is 0 Å². The van der Waals surface area contributed by atoms with Crippen LogP contribution in [0.25, 0.3) is 6.08 Å². The van der Waals surface area contributed by atoms with E-state index in [2.05, 4.69) is 0 Å². The predicted octanol–water partition coefficient (Wildman–Crippen LogP) is 6.15. The number of carbonyl (C=O) groups excluding carboxylic acids is 1. The fraction of sp³-hybridized carbons (Fsp3) is 0.312. The number of ether oxygens (including phenoxy) is 4. The zero-order chi connectivity index (χ0) is 27.6. The second-order valence-corrected chi connectivity index (χ2v) is 8.76. The minimum atomic E-state index is -0.142. The Morgan fingerprint density at radius 3 is 1.95 bits per heavy atom. The molecule has 1 heterocycles. The average Bonchev–Trinajstić information content (AvgIpc) is 3.25. The van der Waals surface area contributed by atoms with Gasteiger partial charge in [-0.2, -0.15) is 0 Å². The molecule has 4 rings (SSSR count). The second-order valence-electron chi connectivity index (χ2n) is 8.76. The van der Waals surface area contributed by atoms with Crippen molar-refractivity contribution in [2.75, 3.05) is 33.0 Å². The van der Waals surface area contributed by atoms with E-state index in [1.54, 1.807) is 11.0 Å². The van der Waals surface area contributed by atoms with E-state index in [9.17, 15) is 4.79 Å². The molecule has 0 N–H and O–H groups in total. The molecule has 1 aliphatic heterocycles. The molecular weight excluding hydrogens is 492 g/mol. The van der Waals surface area contributed by atoms with Crippen molar-refractivity contribution in [3.63, 3.8) is 0 Å². The Bertz CT molecular complexity index is 1330. The number of amides is 1. The normalized spacial score (nSPS) is 13.9. The smallest absolute Gasteiger partial charge is 0.278 e. The monoisotopic (exact) mass is 528 g/mol. The fourth-order valence-electron chi connectivity index (χ4n) is 4.37. The molecule has 3 aromatic carbocycles. The highest BCUT2D eigenvalue weighted by molar-refractivity contribution is 6.19. The van der Waals surface area contributed by atoms with Gasteiger partial charge >= 0.3 is 0 Å². The predicted molar refractivity (Wildman–Crippen MR) is 154 cm³/mol. The number of nitrogens with zero attached hydrogens (tertiary/aromatic N) is 2. The summed E-state index contributed by atoms with van der Waals surface area (Å²) in [6.07, 6.45) is 2.43. The van der Waals surface area contributed by atoms with Gasteiger partial charge in [0, 0.05) is 12.1 Å². The van der Waals surface area contributed by atoms with Crippen LogP contribution in [-0.2, 0) is 11.2 Å². The van der Waals surface area contributed by atoms with Gasteiger partial charge in [0.05, 0.1) is 26.4 Å². The minimum absolute atomic E-state index is 0.142. The van der Waals surface area contributed by atoms with Crippen molar-refractivity contribution >= 4 is 17.8 Å². The van der Waals surface area contributed by atoms with Crippen molar-refractivity contribution in [1.82, 2.24) is 4.90 Å². The zero-order valence-electron chi connectivity index (χ0n) is 23.1. The first-order valence-corrected chi connectivity index (χ1v) is 13.5. The summed E-state index contributed by atoms with van der Waals surface area (Å²) in [5.41, 5.74) is 3.13. The molecule has 1 aliphatic rings. The van der Waals surface area contributed by atoms with Crippen LogP contribution in [0.1, 0.15) is 44.4 Å². The number of hydrogen-bond donors (Lipinski definition) is 0. The SMILES string of the molecule is CCOc1ccc(C=C2N=C(c3ccccc3)N(CCc3ccc(OCC)c(OCC)c3)C2=O)cc1OCC. The molecular formula is C32H36N2O5. The van der Waals surface area contributed by atoms with E-state index < -0.39 is 0 Å². The maximum Gasteiger partial charge on any atom is 0.278 e. The van der Waals surface area contributed by atoms with Crippen molar-refractivity contribution in [1.29, 1.82) is 0 Å². The van der Waals surface area contributed by atoms with Crippen LogP contribution in [0.3, 0.4) is 0 Å². The maximum atomic E-state index is 13.6. The van der Waals surface area contributed by atoms with Crippen LogP contribution in [0.5, 0.6) is 23.0 Å².